The van der Waals surface area contributed by atoms with Gasteiger partial charge in [0.1, 0.15) is 12.4 Å². The van der Waals surface area contributed by atoms with E-state index in [1.807, 2.05) is 0 Å². The van der Waals surface area contributed by atoms with Gasteiger partial charge < -0.3 is 4.74 Å². The molecule has 34 heavy (non-hydrogen) atoms. The third kappa shape index (κ3) is 4.96. The van der Waals surface area contributed by atoms with E-state index >= 15 is 0 Å². The Kier molecular flexibility index (Phi) is 6.97. The summed E-state index contributed by atoms with van der Waals surface area (Å²) < 4.78 is 7.66. The Balaban J connectivity index is 1.74. The van der Waals surface area contributed by atoms with Crippen LogP contribution in [0.15, 0.2) is 69.0 Å². The molecule has 8 nitrogen and oxygen atoms in total. The summed E-state index contributed by atoms with van der Waals surface area (Å²) in [6.07, 6.45) is 1.33. The van der Waals surface area contributed by atoms with Gasteiger partial charge in [-0.25, -0.2) is 4.98 Å². The van der Waals surface area contributed by atoms with Crippen LogP contribution in [0.1, 0.15) is 17.0 Å². The standard InChI is InChI=1S/C23H15BrCl2N4O4/c1-13-28-20-8-6-16(24)9-18(20)23(31)29(13)27-11-14-3-2-4-21(30(32)33)22(14)34-12-15-5-7-17(25)10-19(15)26/h2-11H,12H2,1H3. The van der Waals surface area contributed by atoms with Crippen LogP contribution < -0.4 is 10.3 Å². The lowest BCUT2D eigenvalue weighted by atomic mass is 10.2. The van der Waals surface area contributed by atoms with E-state index in [-0.39, 0.29) is 23.6 Å². The summed E-state index contributed by atoms with van der Waals surface area (Å²) in [5.41, 5.74) is 0.819. The van der Waals surface area contributed by atoms with Crippen molar-refractivity contribution in [3.63, 3.8) is 0 Å². The Bertz CT molecular complexity index is 1520. The highest BCUT2D eigenvalue weighted by Crippen LogP contribution is 2.32. The molecule has 0 bridgehead atoms. The van der Waals surface area contributed by atoms with Crippen molar-refractivity contribution in [3.05, 3.63) is 107 Å². The van der Waals surface area contributed by atoms with Gasteiger partial charge in [0.25, 0.3) is 5.56 Å². The maximum Gasteiger partial charge on any atom is 0.311 e. The first kappa shape index (κ1) is 23.9. The summed E-state index contributed by atoms with van der Waals surface area (Å²) in [5.74, 6) is 0.348. The molecule has 1 heterocycles. The first-order chi connectivity index (χ1) is 16.2. The predicted octanol–water partition coefficient (Wildman–Crippen LogP) is 6.14. The van der Waals surface area contributed by atoms with Crippen molar-refractivity contribution in [1.82, 2.24) is 9.66 Å². The molecule has 4 aromatic rings. The lowest BCUT2D eigenvalue weighted by Crippen LogP contribution is -2.20. The highest BCUT2D eigenvalue weighted by atomic mass is 79.9. The van der Waals surface area contributed by atoms with Crippen LogP contribution in [0, 0.1) is 17.0 Å². The van der Waals surface area contributed by atoms with Gasteiger partial charge in [0.2, 0.25) is 5.75 Å². The SMILES string of the molecule is Cc1nc2ccc(Br)cc2c(=O)n1N=Cc1cccc([N+](=O)[O-])c1OCc1ccc(Cl)cc1Cl. The van der Waals surface area contributed by atoms with E-state index in [9.17, 15) is 14.9 Å². The second-order valence-corrected chi connectivity index (χ2v) is 8.92. The van der Waals surface area contributed by atoms with Crippen LogP contribution in [0.2, 0.25) is 10.0 Å². The van der Waals surface area contributed by atoms with Crippen LogP contribution in [0.5, 0.6) is 5.75 Å². The lowest BCUT2D eigenvalue weighted by molar-refractivity contribution is -0.385. The molecule has 0 aliphatic heterocycles. The van der Waals surface area contributed by atoms with Crippen molar-refractivity contribution in [1.29, 1.82) is 0 Å². The Morgan fingerprint density at radius 1 is 1.21 bits per heavy atom. The van der Waals surface area contributed by atoms with Gasteiger partial charge in [-0.3, -0.25) is 14.9 Å². The number of aromatic nitrogens is 2. The van der Waals surface area contributed by atoms with Gasteiger partial charge in [-0.15, -0.1) is 0 Å². The third-order valence-corrected chi connectivity index (χ3v) is 5.97. The fourth-order valence-electron chi connectivity index (χ4n) is 3.25. The molecule has 1 aromatic heterocycles. The van der Waals surface area contributed by atoms with E-state index in [0.29, 0.717) is 37.9 Å². The van der Waals surface area contributed by atoms with E-state index < -0.39 is 4.92 Å². The Morgan fingerprint density at radius 3 is 2.74 bits per heavy atom. The van der Waals surface area contributed by atoms with E-state index in [1.165, 1.54) is 18.3 Å². The number of hydrogen-bond donors (Lipinski definition) is 0. The molecule has 0 unspecified atom stereocenters. The molecule has 3 aromatic carbocycles. The molecule has 0 atom stereocenters. The Labute approximate surface area is 211 Å². The first-order valence-electron chi connectivity index (χ1n) is 9.82. The number of rotatable bonds is 6. The summed E-state index contributed by atoms with van der Waals surface area (Å²) in [6.45, 7) is 1.61. The molecule has 0 spiro atoms. The van der Waals surface area contributed by atoms with Crippen molar-refractivity contribution in [2.75, 3.05) is 0 Å². The summed E-state index contributed by atoms with van der Waals surface area (Å²) in [4.78, 5) is 28.5. The highest BCUT2D eigenvalue weighted by molar-refractivity contribution is 9.10. The number of hydrogen-bond acceptors (Lipinski definition) is 6. The zero-order valence-electron chi connectivity index (χ0n) is 17.5. The Hall–Kier alpha value is -3.27. The van der Waals surface area contributed by atoms with Gasteiger partial charge in [0.15, 0.2) is 0 Å². The average Bonchev–Trinajstić information content (AvgIpc) is 2.79. The van der Waals surface area contributed by atoms with Gasteiger partial charge >= 0.3 is 5.69 Å². The van der Waals surface area contributed by atoms with Gasteiger partial charge in [-0.05, 0) is 43.3 Å². The monoisotopic (exact) mass is 560 g/mol. The largest absolute Gasteiger partial charge is 0.481 e. The van der Waals surface area contributed by atoms with Crippen LogP contribution in [-0.4, -0.2) is 20.8 Å². The number of nitro groups is 1. The minimum absolute atomic E-state index is 0.00976. The molecule has 0 fully saturated rings. The Morgan fingerprint density at radius 2 is 2.00 bits per heavy atom. The normalized spacial score (nSPS) is 11.3. The number of halogens is 3. The van der Waals surface area contributed by atoms with Crippen LogP contribution in [-0.2, 0) is 6.61 Å². The molecular weight excluding hydrogens is 547 g/mol. The second kappa shape index (κ2) is 9.92. The number of fused-ring (bicyclic) bond motifs is 1. The summed E-state index contributed by atoms with van der Waals surface area (Å²) >= 11 is 15.5. The quantitative estimate of drug-likeness (QED) is 0.160. The maximum atomic E-state index is 13.0. The molecule has 172 valence electrons. The molecule has 0 aliphatic carbocycles. The zero-order chi connectivity index (χ0) is 24.4. The number of nitro benzene ring substituents is 1. The number of aryl methyl sites for hydroxylation is 1. The topological polar surface area (TPSA) is 99.6 Å². The first-order valence-corrected chi connectivity index (χ1v) is 11.4. The third-order valence-electron chi connectivity index (χ3n) is 4.89. The van der Waals surface area contributed by atoms with Gasteiger partial charge in [-0.2, -0.15) is 9.78 Å². The maximum absolute atomic E-state index is 13.0. The molecule has 11 heteroatoms. The molecule has 0 saturated carbocycles. The van der Waals surface area contributed by atoms with Crippen molar-refractivity contribution < 1.29 is 9.66 Å². The molecule has 4 rings (SSSR count). The fraction of sp³-hybridized carbons (Fsp3) is 0.0870. The van der Waals surface area contributed by atoms with Crippen molar-refractivity contribution >= 4 is 61.9 Å². The summed E-state index contributed by atoms with van der Waals surface area (Å²) in [7, 11) is 0. The number of ether oxygens (including phenoxy) is 1. The molecule has 0 amide bonds. The average molecular weight is 562 g/mol. The van der Waals surface area contributed by atoms with Gasteiger partial charge in [0.05, 0.1) is 22.0 Å². The van der Waals surface area contributed by atoms with E-state index in [4.69, 9.17) is 27.9 Å². The number of para-hydroxylation sites is 1. The number of benzene rings is 3. The van der Waals surface area contributed by atoms with E-state index in [1.54, 1.807) is 49.4 Å². The summed E-state index contributed by atoms with van der Waals surface area (Å²) in [6, 6.07) is 14.5. The highest BCUT2D eigenvalue weighted by Gasteiger charge is 2.19. The van der Waals surface area contributed by atoms with Crippen molar-refractivity contribution in [2.45, 2.75) is 13.5 Å². The molecule has 0 saturated heterocycles. The van der Waals surface area contributed by atoms with Gasteiger partial charge in [-0.1, -0.05) is 51.3 Å². The fourth-order valence-corrected chi connectivity index (χ4v) is 4.07. The van der Waals surface area contributed by atoms with Crippen molar-refractivity contribution in [2.24, 2.45) is 5.10 Å². The minimum atomic E-state index is -0.553. The van der Waals surface area contributed by atoms with Crippen LogP contribution in [0.3, 0.4) is 0 Å². The molecular formula is C23H15BrCl2N4O4. The summed E-state index contributed by atoms with van der Waals surface area (Å²) in [5, 5.41) is 17.1. The molecule has 0 aliphatic rings. The predicted molar refractivity (Wildman–Crippen MR) is 135 cm³/mol. The second-order valence-electron chi connectivity index (χ2n) is 7.16. The van der Waals surface area contributed by atoms with Crippen LogP contribution >= 0.6 is 39.1 Å². The smallest absolute Gasteiger partial charge is 0.311 e. The van der Waals surface area contributed by atoms with E-state index in [0.717, 1.165) is 9.15 Å². The molecule has 0 N–H and O–H groups in total. The molecule has 0 radical (unpaired) electrons. The van der Waals surface area contributed by atoms with Crippen LogP contribution in [0.4, 0.5) is 5.69 Å². The van der Waals surface area contributed by atoms with Crippen molar-refractivity contribution in [3.8, 4) is 5.75 Å². The lowest BCUT2D eigenvalue weighted by Gasteiger charge is -2.11. The van der Waals surface area contributed by atoms with Crippen LogP contribution in [0.25, 0.3) is 10.9 Å². The van der Waals surface area contributed by atoms with Gasteiger partial charge in [0, 0.05) is 31.7 Å². The zero-order valence-corrected chi connectivity index (χ0v) is 20.6. The van der Waals surface area contributed by atoms with E-state index in [2.05, 4.69) is 26.0 Å². The minimum Gasteiger partial charge on any atom is -0.481 e. The number of nitrogens with zero attached hydrogens (tertiary/aromatic N) is 4.